The van der Waals surface area contributed by atoms with Gasteiger partial charge in [0, 0.05) is 0 Å². The van der Waals surface area contributed by atoms with Crippen LogP contribution in [0, 0.1) is 92.7 Å². The van der Waals surface area contributed by atoms with E-state index in [1.54, 1.807) is 11.1 Å². The molecular weight excluding hydrogens is 713 g/mol. The van der Waals surface area contributed by atoms with Crippen LogP contribution in [-0.2, 0) is 0 Å². The Labute approximate surface area is 357 Å². The van der Waals surface area contributed by atoms with Gasteiger partial charge in [-0.2, -0.15) is 0 Å². The number of aliphatic hydroxyl groups excluding tert-OH is 4. The summed E-state index contributed by atoms with van der Waals surface area (Å²) in [7, 11) is 0. The Morgan fingerprint density at radius 3 is 1.24 bits per heavy atom. The standard InChI is InChI=1S/2C27H46O2/c2*1-17(2)6-11-25(29)18(3)22-9-10-23-21-8-7-19-16-20(28)12-14-26(19,4)24(21)13-15-27(22,23)5/h2*7,17-18,20-25,28-29H,6,8-16H2,1-5H3/t2*18-,20-,21-,22+,23-,24-,25?,26-,27+/m00/s1. The maximum absolute atomic E-state index is 11.0. The fourth-order valence-electron chi connectivity index (χ4n) is 17.2. The number of rotatable bonds is 10. The van der Waals surface area contributed by atoms with E-state index >= 15 is 0 Å². The summed E-state index contributed by atoms with van der Waals surface area (Å²) in [5.41, 5.74) is 4.65. The second-order valence-electron chi connectivity index (χ2n) is 24.6. The average molecular weight is 805 g/mol. The zero-order chi connectivity index (χ0) is 41.9. The van der Waals surface area contributed by atoms with Crippen molar-refractivity contribution in [3.63, 3.8) is 0 Å². The summed E-state index contributed by atoms with van der Waals surface area (Å²) in [6.45, 7) is 24.0. The lowest BCUT2D eigenvalue weighted by Crippen LogP contribution is -2.51. The summed E-state index contributed by atoms with van der Waals surface area (Å²) < 4.78 is 0. The number of allylic oxidation sites excluding steroid dienone is 2. The second-order valence-corrected chi connectivity index (χ2v) is 24.6. The number of hydrogen-bond donors (Lipinski definition) is 4. The first-order chi connectivity index (χ1) is 27.3. The lowest BCUT2D eigenvalue weighted by molar-refractivity contribution is -0.0681. The topological polar surface area (TPSA) is 80.9 Å². The van der Waals surface area contributed by atoms with Gasteiger partial charge in [-0.3, -0.25) is 0 Å². The molecule has 6 saturated carbocycles. The summed E-state index contributed by atoms with van der Waals surface area (Å²) in [5, 5.41) is 42.3. The van der Waals surface area contributed by atoms with E-state index in [0.717, 1.165) is 86.9 Å². The monoisotopic (exact) mass is 805 g/mol. The molecule has 0 spiro atoms. The van der Waals surface area contributed by atoms with Crippen molar-refractivity contribution in [2.24, 2.45) is 92.7 Å². The van der Waals surface area contributed by atoms with Gasteiger partial charge in [-0.05, 0) is 221 Å². The van der Waals surface area contributed by atoms with Crippen LogP contribution in [0.4, 0.5) is 0 Å². The molecule has 332 valence electrons. The molecule has 8 aliphatic carbocycles. The molecule has 0 bridgehead atoms. The van der Waals surface area contributed by atoms with Crippen LogP contribution in [0.1, 0.15) is 198 Å². The highest BCUT2D eigenvalue weighted by molar-refractivity contribution is 5.27. The number of hydrogen-bond acceptors (Lipinski definition) is 4. The highest BCUT2D eigenvalue weighted by Gasteiger charge is 2.61. The van der Waals surface area contributed by atoms with Crippen molar-refractivity contribution in [3.8, 4) is 0 Å². The van der Waals surface area contributed by atoms with Crippen LogP contribution in [0.15, 0.2) is 23.3 Å². The smallest absolute Gasteiger partial charge is 0.0577 e. The van der Waals surface area contributed by atoms with E-state index in [9.17, 15) is 20.4 Å². The van der Waals surface area contributed by atoms with Gasteiger partial charge in [0.2, 0.25) is 0 Å². The summed E-state index contributed by atoms with van der Waals surface area (Å²) >= 11 is 0. The first kappa shape index (κ1) is 45.3. The van der Waals surface area contributed by atoms with Gasteiger partial charge < -0.3 is 20.4 Å². The molecular formula is C54H92O4. The van der Waals surface area contributed by atoms with Gasteiger partial charge in [0.05, 0.1) is 24.4 Å². The molecule has 0 aromatic heterocycles. The summed E-state index contributed by atoms with van der Waals surface area (Å²) in [6, 6.07) is 0. The molecule has 0 aromatic carbocycles. The minimum absolute atomic E-state index is 0.108. The molecule has 18 atom stereocenters. The molecule has 8 aliphatic rings. The van der Waals surface area contributed by atoms with E-state index in [-0.39, 0.29) is 24.4 Å². The fourth-order valence-corrected chi connectivity index (χ4v) is 17.2. The third kappa shape index (κ3) is 8.17. The van der Waals surface area contributed by atoms with E-state index < -0.39 is 0 Å². The highest BCUT2D eigenvalue weighted by Crippen LogP contribution is 2.69. The Morgan fingerprint density at radius 1 is 0.500 bits per heavy atom. The van der Waals surface area contributed by atoms with Gasteiger partial charge in [-0.15, -0.1) is 0 Å². The van der Waals surface area contributed by atoms with Crippen LogP contribution in [0.2, 0.25) is 0 Å². The van der Waals surface area contributed by atoms with Gasteiger partial charge in [0.15, 0.2) is 0 Å². The Bertz CT molecular complexity index is 1360. The van der Waals surface area contributed by atoms with E-state index in [2.05, 4.69) is 81.4 Å². The van der Waals surface area contributed by atoms with Crippen molar-refractivity contribution in [1.82, 2.24) is 0 Å². The summed E-state index contributed by atoms with van der Waals surface area (Å²) in [5.74, 6) is 8.50. The van der Waals surface area contributed by atoms with Crippen LogP contribution in [-0.4, -0.2) is 44.8 Å². The quantitative estimate of drug-likeness (QED) is 0.166. The molecule has 4 nitrogen and oxygen atoms in total. The van der Waals surface area contributed by atoms with Crippen molar-refractivity contribution >= 4 is 0 Å². The zero-order valence-corrected chi connectivity index (χ0v) is 39.3. The van der Waals surface area contributed by atoms with Crippen LogP contribution < -0.4 is 0 Å². The number of fused-ring (bicyclic) bond motifs is 10. The SMILES string of the molecule is CC(C)CCC(O)[C@@H](C)[C@H]1CC[C@H]2[C@@H]3CC=C4C[C@@H](O)CC[C@]4(C)[C@H]3CC[C@]12C.CC(C)CCC(O)[C@@H](C)[C@H]1CC[C@H]2[C@@H]3CC=C4C[C@@H](O)CC[C@]4(C)[C@H]3CC[C@]12C. The maximum Gasteiger partial charge on any atom is 0.0577 e. The van der Waals surface area contributed by atoms with Gasteiger partial charge in [0.25, 0.3) is 0 Å². The Morgan fingerprint density at radius 2 is 0.879 bits per heavy atom. The van der Waals surface area contributed by atoms with Gasteiger partial charge >= 0.3 is 0 Å². The first-order valence-corrected chi connectivity index (χ1v) is 25.4. The zero-order valence-electron chi connectivity index (χ0n) is 39.3. The van der Waals surface area contributed by atoms with Crippen molar-refractivity contribution in [3.05, 3.63) is 23.3 Å². The molecule has 4 heteroatoms. The van der Waals surface area contributed by atoms with Crippen LogP contribution in [0.25, 0.3) is 0 Å². The molecule has 6 fully saturated rings. The van der Waals surface area contributed by atoms with E-state index in [4.69, 9.17) is 0 Å². The van der Waals surface area contributed by atoms with Crippen molar-refractivity contribution in [2.75, 3.05) is 0 Å². The Balaban J connectivity index is 0.000000177. The fraction of sp³-hybridized carbons (Fsp3) is 0.926. The third-order valence-corrected chi connectivity index (χ3v) is 20.9. The highest BCUT2D eigenvalue weighted by atomic mass is 16.3. The lowest BCUT2D eigenvalue weighted by atomic mass is 9.47. The van der Waals surface area contributed by atoms with Crippen LogP contribution >= 0.6 is 0 Å². The van der Waals surface area contributed by atoms with Crippen molar-refractivity contribution in [2.45, 2.75) is 222 Å². The molecule has 0 aliphatic heterocycles. The molecule has 0 saturated heterocycles. The molecule has 2 unspecified atom stereocenters. The lowest BCUT2D eigenvalue weighted by Gasteiger charge is -2.58. The van der Waals surface area contributed by atoms with Crippen molar-refractivity contribution in [1.29, 1.82) is 0 Å². The molecule has 0 aromatic rings. The predicted molar refractivity (Wildman–Crippen MR) is 241 cm³/mol. The van der Waals surface area contributed by atoms with Gasteiger partial charge in [-0.25, -0.2) is 0 Å². The second kappa shape index (κ2) is 17.5. The molecule has 58 heavy (non-hydrogen) atoms. The molecule has 0 amide bonds. The predicted octanol–water partition coefficient (Wildman–Crippen LogP) is 12.7. The summed E-state index contributed by atoms with van der Waals surface area (Å²) in [6.07, 6.45) is 28.2. The van der Waals surface area contributed by atoms with Crippen molar-refractivity contribution < 1.29 is 20.4 Å². The third-order valence-electron chi connectivity index (χ3n) is 20.9. The average Bonchev–Trinajstić information content (AvgIpc) is 3.72. The largest absolute Gasteiger partial charge is 0.393 e. The molecule has 8 rings (SSSR count). The minimum atomic E-state index is -0.133. The summed E-state index contributed by atoms with van der Waals surface area (Å²) in [4.78, 5) is 0. The Hall–Kier alpha value is -0.680. The van der Waals surface area contributed by atoms with Crippen LogP contribution in [0.5, 0.6) is 0 Å². The van der Waals surface area contributed by atoms with Crippen LogP contribution in [0.3, 0.4) is 0 Å². The minimum Gasteiger partial charge on any atom is -0.393 e. The Kier molecular flexibility index (Phi) is 13.7. The first-order valence-electron chi connectivity index (χ1n) is 25.4. The van der Waals surface area contributed by atoms with Gasteiger partial charge in [0.1, 0.15) is 0 Å². The maximum atomic E-state index is 11.0. The van der Waals surface area contributed by atoms with E-state index in [1.807, 2.05) is 0 Å². The van der Waals surface area contributed by atoms with E-state index in [1.165, 1.54) is 77.0 Å². The van der Waals surface area contributed by atoms with E-state index in [0.29, 0.717) is 57.2 Å². The van der Waals surface area contributed by atoms with Gasteiger partial charge in [-0.1, -0.05) is 92.5 Å². The normalized spacial score (nSPS) is 46.5. The molecule has 0 radical (unpaired) electrons. The molecule has 4 N–H and O–H groups in total. The molecule has 0 heterocycles. The number of aliphatic hydroxyl groups is 4.